The van der Waals surface area contributed by atoms with E-state index in [-0.39, 0.29) is 51.1 Å². The van der Waals surface area contributed by atoms with Crippen LogP contribution in [-0.2, 0) is 19.6 Å². The molecule has 0 aliphatic heterocycles. The van der Waals surface area contributed by atoms with Crippen LogP contribution >= 0.6 is 11.6 Å². The Morgan fingerprint density at radius 2 is 1.69 bits per heavy atom. The number of halogens is 1. The van der Waals surface area contributed by atoms with Crippen molar-refractivity contribution in [2.24, 2.45) is 23.2 Å². The van der Waals surface area contributed by atoms with E-state index in [4.69, 9.17) is 11.6 Å². The maximum Gasteiger partial charge on any atom is 0.245 e. The van der Waals surface area contributed by atoms with Crippen LogP contribution in [-0.4, -0.2) is 49.2 Å². The summed E-state index contributed by atoms with van der Waals surface area (Å²) in [5.41, 5.74) is -1.42. The van der Waals surface area contributed by atoms with Gasteiger partial charge in [-0.15, -0.1) is 0 Å². The van der Waals surface area contributed by atoms with Gasteiger partial charge in [0, 0.05) is 19.1 Å². The quantitative estimate of drug-likeness (QED) is 0.571. The van der Waals surface area contributed by atoms with Crippen molar-refractivity contribution in [1.82, 2.24) is 14.9 Å². The molecule has 5 aliphatic carbocycles. The molecule has 0 spiro atoms. The van der Waals surface area contributed by atoms with Crippen molar-refractivity contribution in [3.8, 4) is 0 Å². The summed E-state index contributed by atoms with van der Waals surface area (Å²) < 4.78 is 28.2. The Balaban J connectivity index is 1.35. The molecule has 6 rings (SSSR count). The second kappa shape index (κ2) is 8.73. The summed E-state index contributed by atoms with van der Waals surface area (Å²) in [4.78, 5) is 26.9. The van der Waals surface area contributed by atoms with Gasteiger partial charge in [-0.1, -0.05) is 23.7 Å². The van der Waals surface area contributed by atoms with Crippen molar-refractivity contribution in [2.45, 2.75) is 87.7 Å². The summed E-state index contributed by atoms with van der Waals surface area (Å²) in [6, 6.07) is 6.47. The number of likely N-dealkylation sites (N-methyl/N-ethyl adjacent to an activating group) is 1. The normalized spacial score (nSPS) is 33.0. The van der Waals surface area contributed by atoms with Crippen LogP contribution in [0.4, 0.5) is 0 Å². The first-order chi connectivity index (χ1) is 16.5. The van der Waals surface area contributed by atoms with Gasteiger partial charge in [-0.25, -0.2) is 8.42 Å². The molecule has 35 heavy (non-hydrogen) atoms. The van der Waals surface area contributed by atoms with E-state index in [1.165, 1.54) is 17.4 Å². The number of hydrogen-bond donors (Lipinski definition) is 2. The highest BCUT2D eigenvalue weighted by Gasteiger charge is 2.60. The Kier molecular flexibility index (Phi) is 6.25. The molecule has 7 nitrogen and oxygen atoms in total. The van der Waals surface area contributed by atoms with Crippen molar-refractivity contribution < 1.29 is 18.0 Å². The van der Waals surface area contributed by atoms with Gasteiger partial charge in [0.2, 0.25) is 21.8 Å². The van der Waals surface area contributed by atoms with Crippen molar-refractivity contribution in [1.29, 1.82) is 0 Å². The molecular formula is C26H36ClN3O4S. The number of nitrogens with zero attached hydrogens (tertiary/aromatic N) is 1. The third kappa shape index (κ3) is 4.00. The number of nitrogens with one attached hydrogen (secondary N) is 2. The molecule has 5 saturated carbocycles. The molecular weight excluding hydrogens is 486 g/mol. The van der Waals surface area contributed by atoms with Gasteiger partial charge in [0.1, 0.15) is 10.4 Å². The Morgan fingerprint density at radius 1 is 1.06 bits per heavy atom. The lowest BCUT2D eigenvalue weighted by Gasteiger charge is -2.60. The molecule has 4 bridgehead atoms. The first kappa shape index (κ1) is 25.0. The smallest absolute Gasteiger partial charge is 0.245 e. The van der Waals surface area contributed by atoms with Crippen LogP contribution in [0.5, 0.6) is 0 Å². The van der Waals surface area contributed by atoms with Crippen molar-refractivity contribution in [3.05, 3.63) is 29.3 Å². The molecule has 0 heterocycles. The lowest BCUT2D eigenvalue weighted by atomic mass is 9.47. The maximum atomic E-state index is 13.8. The van der Waals surface area contributed by atoms with E-state index in [9.17, 15) is 18.0 Å². The van der Waals surface area contributed by atoms with Crippen LogP contribution in [0.3, 0.4) is 0 Å². The molecule has 2 unspecified atom stereocenters. The second-order valence-electron chi connectivity index (χ2n) is 11.7. The summed E-state index contributed by atoms with van der Waals surface area (Å²) in [7, 11) is -2.44. The van der Waals surface area contributed by atoms with E-state index in [0.29, 0.717) is 18.8 Å². The minimum atomic E-state index is -3.94. The molecule has 0 saturated heterocycles. The van der Waals surface area contributed by atoms with Gasteiger partial charge in [-0.3, -0.25) is 9.59 Å². The molecule has 0 aromatic heterocycles. The first-order valence-corrected chi connectivity index (χ1v) is 14.7. The van der Waals surface area contributed by atoms with Crippen LogP contribution in [0.1, 0.15) is 65.2 Å². The van der Waals surface area contributed by atoms with Crippen molar-refractivity contribution >= 4 is 33.4 Å². The number of sulfonamides is 1. The summed E-state index contributed by atoms with van der Waals surface area (Å²) in [5.74, 6) is 0.994. The Bertz CT molecular complexity index is 1120. The summed E-state index contributed by atoms with van der Waals surface area (Å²) in [5, 5.41) is 6.60. The largest absolute Gasteiger partial charge is 0.353 e. The van der Waals surface area contributed by atoms with E-state index in [0.717, 1.165) is 38.5 Å². The molecule has 0 radical (unpaired) electrons. The van der Waals surface area contributed by atoms with Gasteiger partial charge in [-0.05, 0) is 95.1 Å². The Labute approximate surface area is 213 Å². The highest BCUT2D eigenvalue weighted by atomic mass is 35.5. The molecule has 2 N–H and O–H groups in total. The third-order valence-corrected chi connectivity index (χ3v) is 11.6. The standard InChI is InChI=1S/C26H36ClN3O4S/c1-16(2)28-23(31)25-13-17-11-18(14-25)22(19(12-17)15-25)29-24(32)26(9-6-10-26)30(3)35(33,34)21-8-5-4-7-20(21)27/h4-5,7-8,16-19,22H,6,9-15H2,1-3H3,(H,28,31)(H,29,32). The van der Waals surface area contributed by atoms with Crippen molar-refractivity contribution in [3.63, 3.8) is 0 Å². The summed E-state index contributed by atoms with van der Waals surface area (Å²) in [6.45, 7) is 3.99. The fourth-order valence-electron chi connectivity index (χ4n) is 7.47. The molecule has 2 amide bonds. The second-order valence-corrected chi connectivity index (χ2v) is 14.0. The van der Waals surface area contributed by atoms with Gasteiger partial charge >= 0.3 is 0 Å². The SMILES string of the molecule is CC(C)NC(=O)C12CC3CC(C1)C(NC(=O)C1(N(C)S(=O)(=O)c4ccccc4Cl)CCC1)C(C3)C2. The van der Waals surface area contributed by atoms with Gasteiger partial charge < -0.3 is 10.6 Å². The number of carbonyl (C=O) groups is 2. The van der Waals surface area contributed by atoms with Crippen LogP contribution < -0.4 is 10.6 Å². The lowest BCUT2D eigenvalue weighted by Crippen LogP contribution is -2.68. The lowest BCUT2D eigenvalue weighted by molar-refractivity contribution is -0.153. The Morgan fingerprint density at radius 3 is 2.23 bits per heavy atom. The van der Waals surface area contributed by atoms with E-state index < -0.39 is 15.6 Å². The highest BCUT2D eigenvalue weighted by molar-refractivity contribution is 7.89. The summed E-state index contributed by atoms with van der Waals surface area (Å²) >= 11 is 6.21. The zero-order valence-electron chi connectivity index (χ0n) is 20.7. The van der Waals surface area contributed by atoms with Gasteiger partial charge in [0.25, 0.3) is 0 Å². The van der Waals surface area contributed by atoms with E-state index in [1.807, 2.05) is 13.8 Å². The molecule has 9 heteroatoms. The number of rotatable bonds is 7. The number of hydrogen-bond acceptors (Lipinski definition) is 4. The van der Waals surface area contributed by atoms with E-state index in [1.54, 1.807) is 18.2 Å². The van der Waals surface area contributed by atoms with Crippen LogP contribution in [0.25, 0.3) is 0 Å². The van der Waals surface area contributed by atoms with E-state index >= 15 is 0 Å². The maximum absolute atomic E-state index is 13.8. The molecule has 192 valence electrons. The van der Waals surface area contributed by atoms with Gasteiger partial charge in [0.05, 0.1) is 10.4 Å². The summed E-state index contributed by atoms with van der Waals surface area (Å²) in [6.07, 6.45) is 6.37. The monoisotopic (exact) mass is 521 g/mol. The van der Waals surface area contributed by atoms with E-state index in [2.05, 4.69) is 10.6 Å². The van der Waals surface area contributed by atoms with Crippen LogP contribution in [0.2, 0.25) is 5.02 Å². The molecule has 5 aliphatic rings. The molecule has 1 aromatic rings. The zero-order chi connectivity index (χ0) is 25.2. The molecule has 2 atom stereocenters. The molecule has 5 fully saturated rings. The predicted molar refractivity (Wildman–Crippen MR) is 134 cm³/mol. The number of amides is 2. The van der Waals surface area contributed by atoms with Crippen molar-refractivity contribution in [2.75, 3.05) is 7.05 Å². The minimum Gasteiger partial charge on any atom is -0.353 e. The predicted octanol–water partition coefficient (Wildman–Crippen LogP) is 3.72. The molecule has 1 aromatic carbocycles. The average molecular weight is 522 g/mol. The minimum absolute atomic E-state index is 0.00656. The first-order valence-electron chi connectivity index (χ1n) is 12.8. The number of carbonyl (C=O) groups excluding carboxylic acids is 2. The number of benzene rings is 1. The van der Waals surface area contributed by atoms with Gasteiger partial charge in [-0.2, -0.15) is 4.31 Å². The average Bonchev–Trinajstić information content (AvgIpc) is 2.74. The zero-order valence-corrected chi connectivity index (χ0v) is 22.3. The van der Waals surface area contributed by atoms with Crippen LogP contribution in [0, 0.1) is 23.2 Å². The Hall–Kier alpha value is -1.64. The fourth-order valence-corrected chi connectivity index (χ4v) is 9.48. The third-order valence-electron chi connectivity index (χ3n) is 9.15. The fraction of sp³-hybridized carbons (Fsp3) is 0.692. The topological polar surface area (TPSA) is 95.6 Å². The van der Waals surface area contributed by atoms with Gasteiger partial charge in [0.15, 0.2) is 0 Å². The van der Waals surface area contributed by atoms with Crippen LogP contribution in [0.15, 0.2) is 29.2 Å². The highest BCUT2D eigenvalue weighted by Crippen LogP contribution is 2.60.